The number of piperazine rings is 1. The summed E-state index contributed by atoms with van der Waals surface area (Å²) < 4.78 is 5.21. The molecule has 0 bridgehead atoms. The topological polar surface area (TPSA) is 95.7 Å². The molecule has 5 rings (SSSR count). The number of aromatic nitrogens is 3. The van der Waals surface area contributed by atoms with E-state index in [0.29, 0.717) is 49.1 Å². The molecule has 0 N–H and O–H groups in total. The number of carbonyl (C=O) groups is 2. The third-order valence-corrected chi connectivity index (χ3v) is 5.92. The number of hydrogen-bond donors (Lipinski definition) is 0. The molecule has 0 atom stereocenters. The van der Waals surface area contributed by atoms with Crippen LogP contribution in [-0.2, 0) is 0 Å². The molecule has 5 heterocycles. The Morgan fingerprint density at radius 3 is 2.28 bits per heavy atom. The SMILES string of the molecule is O=C(c1ccco1)N1CCN(C(=O)c2cnc(N3CCCC3)nc2-c2cccnc2)CC1. The van der Waals surface area contributed by atoms with Gasteiger partial charge in [0.15, 0.2) is 5.76 Å². The van der Waals surface area contributed by atoms with Crippen LogP contribution in [0.5, 0.6) is 0 Å². The van der Waals surface area contributed by atoms with Crippen LogP contribution in [0.4, 0.5) is 5.95 Å². The van der Waals surface area contributed by atoms with Gasteiger partial charge in [0.2, 0.25) is 5.95 Å². The van der Waals surface area contributed by atoms with Crippen molar-refractivity contribution in [2.45, 2.75) is 12.8 Å². The van der Waals surface area contributed by atoms with Gasteiger partial charge < -0.3 is 19.1 Å². The van der Waals surface area contributed by atoms with Crippen molar-refractivity contribution in [1.82, 2.24) is 24.8 Å². The minimum absolute atomic E-state index is 0.137. The maximum atomic E-state index is 13.4. The summed E-state index contributed by atoms with van der Waals surface area (Å²) >= 11 is 0. The molecule has 0 unspecified atom stereocenters. The van der Waals surface area contributed by atoms with Gasteiger partial charge in [-0.05, 0) is 37.1 Å². The van der Waals surface area contributed by atoms with Crippen LogP contribution >= 0.6 is 0 Å². The van der Waals surface area contributed by atoms with Crippen molar-refractivity contribution >= 4 is 17.8 Å². The van der Waals surface area contributed by atoms with Gasteiger partial charge in [-0.1, -0.05) is 0 Å². The van der Waals surface area contributed by atoms with Crippen LogP contribution < -0.4 is 4.90 Å². The van der Waals surface area contributed by atoms with Crippen LogP contribution in [0, 0.1) is 0 Å². The number of pyridine rings is 1. The molecule has 9 heteroatoms. The first-order valence-electron chi connectivity index (χ1n) is 10.8. The summed E-state index contributed by atoms with van der Waals surface area (Å²) in [5.41, 5.74) is 1.83. The standard InChI is InChI=1S/C23H24N6O3/c30-21(27-10-12-28(13-11-27)22(31)19-6-4-14-32-19)18-16-25-23(29-8-1-2-9-29)26-20(18)17-5-3-7-24-15-17/h3-7,14-16H,1-2,8-13H2. The molecule has 2 saturated heterocycles. The van der Waals surface area contributed by atoms with Crippen LogP contribution in [0.3, 0.4) is 0 Å². The van der Waals surface area contributed by atoms with E-state index in [1.54, 1.807) is 40.5 Å². The van der Waals surface area contributed by atoms with Crippen molar-refractivity contribution in [3.8, 4) is 11.3 Å². The van der Waals surface area contributed by atoms with E-state index in [0.717, 1.165) is 31.5 Å². The summed E-state index contributed by atoms with van der Waals surface area (Å²) in [5, 5.41) is 0. The van der Waals surface area contributed by atoms with E-state index in [9.17, 15) is 9.59 Å². The van der Waals surface area contributed by atoms with Crippen molar-refractivity contribution in [3.05, 3.63) is 60.4 Å². The molecule has 2 fully saturated rings. The number of carbonyl (C=O) groups excluding carboxylic acids is 2. The largest absolute Gasteiger partial charge is 0.459 e. The first-order valence-corrected chi connectivity index (χ1v) is 10.8. The number of anilines is 1. The molecule has 9 nitrogen and oxygen atoms in total. The third kappa shape index (κ3) is 3.93. The fourth-order valence-electron chi connectivity index (χ4n) is 4.16. The van der Waals surface area contributed by atoms with Gasteiger partial charge in [0, 0.05) is 63.4 Å². The summed E-state index contributed by atoms with van der Waals surface area (Å²) in [6.07, 6.45) is 8.76. The predicted octanol–water partition coefficient (Wildman–Crippen LogP) is 2.33. The molecule has 2 amide bonds. The van der Waals surface area contributed by atoms with Gasteiger partial charge in [0.05, 0.1) is 17.5 Å². The quantitative estimate of drug-likeness (QED) is 0.624. The Labute approximate surface area is 185 Å². The zero-order valence-electron chi connectivity index (χ0n) is 17.7. The van der Waals surface area contributed by atoms with Crippen molar-refractivity contribution < 1.29 is 14.0 Å². The summed E-state index contributed by atoms with van der Waals surface area (Å²) in [5.74, 6) is 0.666. The van der Waals surface area contributed by atoms with E-state index < -0.39 is 0 Å². The van der Waals surface area contributed by atoms with Crippen LogP contribution in [0.15, 0.2) is 53.5 Å². The smallest absolute Gasteiger partial charge is 0.289 e. The Bertz CT molecular complexity index is 1090. The van der Waals surface area contributed by atoms with Gasteiger partial charge in [0.25, 0.3) is 11.8 Å². The van der Waals surface area contributed by atoms with Gasteiger partial charge in [0.1, 0.15) is 0 Å². The monoisotopic (exact) mass is 432 g/mol. The second kappa shape index (κ2) is 8.78. The highest BCUT2D eigenvalue weighted by molar-refractivity contribution is 6.00. The van der Waals surface area contributed by atoms with E-state index >= 15 is 0 Å². The summed E-state index contributed by atoms with van der Waals surface area (Å²) in [6.45, 7) is 3.61. The molecular weight excluding hydrogens is 408 g/mol. The van der Waals surface area contributed by atoms with E-state index in [1.165, 1.54) is 6.26 Å². The highest BCUT2D eigenvalue weighted by Gasteiger charge is 2.29. The Balaban J connectivity index is 1.37. The van der Waals surface area contributed by atoms with Gasteiger partial charge in [-0.15, -0.1) is 0 Å². The zero-order chi connectivity index (χ0) is 21.9. The number of amides is 2. The van der Waals surface area contributed by atoms with Gasteiger partial charge in [-0.2, -0.15) is 0 Å². The molecule has 3 aromatic heterocycles. The molecule has 32 heavy (non-hydrogen) atoms. The predicted molar refractivity (Wildman–Crippen MR) is 117 cm³/mol. The molecule has 0 aromatic carbocycles. The number of nitrogens with zero attached hydrogens (tertiary/aromatic N) is 6. The van der Waals surface area contributed by atoms with Crippen LogP contribution in [0.25, 0.3) is 11.3 Å². The first-order chi connectivity index (χ1) is 15.7. The lowest BCUT2D eigenvalue weighted by Crippen LogP contribution is -2.50. The molecule has 2 aliphatic rings. The molecule has 0 spiro atoms. The molecular formula is C23H24N6O3. The van der Waals surface area contributed by atoms with Gasteiger partial charge in [-0.3, -0.25) is 14.6 Å². The van der Waals surface area contributed by atoms with Crippen LogP contribution in [-0.4, -0.2) is 75.8 Å². The fourth-order valence-corrected chi connectivity index (χ4v) is 4.16. The lowest BCUT2D eigenvalue weighted by atomic mass is 10.1. The van der Waals surface area contributed by atoms with Crippen molar-refractivity contribution in [3.63, 3.8) is 0 Å². The molecule has 2 aliphatic heterocycles. The van der Waals surface area contributed by atoms with Crippen LogP contribution in [0.1, 0.15) is 33.8 Å². The maximum absolute atomic E-state index is 13.4. The minimum Gasteiger partial charge on any atom is -0.459 e. The molecule has 0 saturated carbocycles. The highest BCUT2D eigenvalue weighted by Crippen LogP contribution is 2.26. The number of hydrogen-bond acceptors (Lipinski definition) is 7. The number of rotatable bonds is 4. The third-order valence-electron chi connectivity index (χ3n) is 5.92. The Hall–Kier alpha value is -3.75. The van der Waals surface area contributed by atoms with Gasteiger partial charge >= 0.3 is 0 Å². The zero-order valence-corrected chi connectivity index (χ0v) is 17.7. The Morgan fingerprint density at radius 2 is 1.62 bits per heavy atom. The summed E-state index contributed by atoms with van der Waals surface area (Å²) in [4.78, 5) is 45.0. The van der Waals surface area contributed by atoms with E-state index in [-0.39, 0.29) is 11.8 Å². The van der Waals surface area contributed by atoms with Gasteiger partial charge in [-0.25, -0.2) is 9.97 Å². The second-order valence-electron chi connectivity index (χ2n) is 7.93. The first kappa shape index (κ1) is 20.2. The summed E-state index contributed by atoms with van der Waals surface area (Å²) in [7, 11) is 0. The molecule has 0 radical (unpaired) electrons. The average molecular weight is 432 g/mol. The highest BCUT2D eigenvalue weighted by atomic mass is 16.3. The van der Waals surface area contributed by atoms with E-state index in [2.05, 4.69) is 14.9 Å². The Morgan fingerprint density at radius 1 is 0.875 bits per heavy atom. The normalized spacial score (nSPS) is 16.4. The Kier molecular flexibility index (Phi) is 5.53. The lowest BCUT2D eigenvalue weighted by molar-refractivity contribution is 0.0518. The van der Waals surface area contributed by atoms with Crippen molar-refractivity contribution in [2.24, 2.45) is 0 Å². The van der Waals surface area contributed by atoms with Crippen molar-refractivity contribution in [1.29, 1.82) is 0 Å². The van der Waals surface area contributed by atoms with Crippen LogP contribution in [0.2, 0.25) is 0 Å². The fraction of sp³-hybridized carbons (Fsp3) is 0.348. The molecule has 0 aliphatic carbocycles. The molecule has 164 valence electrons. The lowest BCUT2D eigenvalue weighted by Gasteiger charge is -2.34. The molecule has 3 aromatic rings. The number of furan rings is 1. The average Bonchev–Trinajstić information content (AvgIpc) is 3.58. The van der Waals surface area contributed by atoms with E-state index in [1.807, 2.05) is 12.1 Å². The maximum Gasteiger partial charge on any atom is 0.289 e. The minimum atomic E-state index is -0.156. The van der Waals surface area contributed by atoms with E-state index in [4.69, 9.17) is 9.40 Å². The van der Waals surface area contributed by atoms with Crippen molar-refractivity contribution in [2.75, 3.05) is 44.2 Å². The summed E-state index contributed by atoms with van der Waals surface area (Å²) in [6, 6.07) is 7.08. The second-order valence-corrected chi connectivity index (χ2v) is 7.93.